The van der Waals surface area contributed by atoms with Crippen molar-refractivity contribution < 1.29 is 19.0 Å². The van der Waals surface area contributed by atoms with Gasteiger partial charge in [0.2, 0.25) is 6.79 Å². The van der Waals surface area contributed by atoms with Crippen molar-refractivity contribution in [2.45, 2.75) is 6.54 Å². The number of fused-ring (bicyclic) bond motifs is 1. The Labute approximate surface area is 130 Å². The van der Waals surface area contributed by atoms with Crippen molar-refractivity contribution in [3.8, 4) is 17.2 Å². The quantitative estimate of drug-likeness (QED) is 0.829. The van der Waals surface area contributed by atoms with Gasteiger partial charge in [0, 0.05) is 23.9 Å². The minimum atomic E-state index is -0.658. The lowest BCUT2D eigenvalue weighted by Crippen LogP contribution is -2.00. The van der Waals surface area contributed by atoms with Crippen LogP contribution in [-0.4, -0.2) is 11.9 Å². The number of rotatable bonds is 3. The Bertz CT molecular complexity index is 686. The highest BCUT2D eigenvalue weighted by atomic mass is 35.5. The first-order valence-electron chi connectivity index (χ1n) is 6.04. The van der Waals surface area contributed by atoms with E-state index in [0.717, 1.165) is 0 Å². The Balaban J connectivity index is 1.79. The van der Waals surface area contributed by atoms with Gasteiger partial charge in [0.15, 0.2) is 17.3 Å². The molecule has 0 atom stereocenters. The van der Waals surface area contributed by atoms with E-state index in [4.69, 9.17) is 32.7 Å². The minimum Gasteiger partial charge on any atom is -0.507 e. The van der Waals surface area contributed by atoms with Crippen LogP contribution in [-0.2, 0) is 6.54 Å². The van der Waals surface area contributed by atoms with Crippen LogP contribution in [0.25, 0.3) is 0 Å². The number of hydrogen-bond acceptors (Lipinski definition) is 4. The van der Waals surface area contributed by atoms with Crippen LogP contribution in [0.4, 0.5) is 10.1 Å². The molecule has 0 spiro atoms. The molecule has 2 aromatic rings. The summed E-state index contributed by atoms with van der Waals surface area (Å²) in [5.41, 5.74) is 1.15. The van der Waals surface area contributed by atoms with E-state index in [-0.39, 0.29) is 22.6 Å². The van der Waals surface area contributed by atoms with Gasteiger partial charge >= 0.3 is 0 Å². The number of phenolic OH excluding ortho intramolecular Hbond substituents is 1. The average Bonchev–Trinajstić information content (AvgIpc) is 2.89. The predicted molar refractivity (Wildman–Crippen MR) is 78.0 cm³/mol. The van der Waals surface area contributed by atoms with Crippen molar-refractivity contribution in [3.63, 3.8) is 0 Å². The van der Waals surface area contributed by atoms with Crippen LogP contribution in [0.1, 0.15) is 5.56 Å². The van der Waals surface area contributed by atoms with E-state index >= 15 is 0 Å². The van der Waals surface area contributed by atoms with Crippen LogP contribution in [0.3, 0.4) is 0 Å². The van der Waals surface area contributed by atoms with Gasteiger partial charge in [-0.1, -0.05) is 23.2 Å². The summed E-state index contributed by atoms with van der Waals surface area (Å²) >= 11 is 11.4. The molecule has 2 N–H and O–H groups in total. The van der Waals surface area contributed by atoms with Crippen molar-refractivity contribution in [1.82, 2.24) is 0 Å². The lowest BCUT2D eigenvalue weighted by atomic mass is 10.1. The molecule has 21 heavy (non-hydrogen) atoms. The van der Waals surface area contributed by atoms with Gasteiger partial charge in [-0.3, -0.25) is 0 Å². The third-order valence-electron chi connectivity index (χ3n) is 3.04. The molecular weight excluding hydrogens is 320 g/mol. The molecule has 0 bridgehead atoms. The molecule has 7 heteroatoms. The summed E-state index contributed by atoms with van der Waals surface area (Å²) in [7, 11) is 0. The molecule has 0 unspecified atom stereocenters. The summed E-state index contributed by atoms with van der Waals surface area (Å²) < 4.78 is 23.7. The molecule has 0 fully saturated rings. The van der Waals surface area contributed by atoms with Gasteiger partial charge in [-0.05, 0) is 18.2 Å². The number of anilines is 1. The van der Waals surface area contributed by atoms with Crippen LogP contribution in [0, 0.1) is 5.82 Å². The fraction of sp³-hybridized carbons (Fsp3) is 0.143. The van der Waals surface area contributed by atoms with Crippen LogP contribution in [0.5, 0.6) is 17.2 Å². The molecule has 3 rings (SSSR count). The number of ether oxygens (including phenoxy) is 2. The molecule has 0 radical (unpaired) electrons. The standard InChI is InChI=1S/C14H10Cl2FNO3/c15-9-2-8(3-10(16)14(9)17)18-5-7-1-12-13(4-11(7)19)21-6-20-12/h1-4,18-19H,5-6H2. The lowest BCUT2D eigenvalue weighted by Gasteiger charge is -2.10. The fourth-order valence-electron chi connectivity index (χ4n) is 1.97. The van der Waals surface area contributed by atoms with Gasteiger partial charge in [0.1, 0.15) is 5.75 Å². The maximum absolute atomic E-state index is 13.3. The maximum atomic E-state index is 13.3. The molecule has 2 aromatic carbocycles. The Morgan fingerprint density at radius 2 is 1.71 bits per heavy atom. The normalized spacial score (nSPS) is 12.5. The Morgan fingerprint density at radius 1 is 1.10 bits per heavy atom. The first-order valence-corrected chi connectivity index (χ1v) is 6.80. The van der Waals surface area contributed by atoms with E-state index in [2.05, 4.69) is 5.32 Å². The number of hydrogen-bond donors (Lipinski definition) is 2. The number of phenols is 1. The lowest BCUT2D eigenvalue weighted by molar-refractivity contribution is 0.174. The highest BCUT2D eigenvalue weighted by Crippen LogP contribution is 2.38. The van der Waals surface area contributed by atoms with Crippen LogP contribution >= 0.6 is 23.2 Å². The maximum Gasteiger partial charge on any atom is 0.231 e. The third-order valence-corrected chi connectivity index (χ3v) is 3.59. The predicted octanol–water partition coefficient (Wildman–Crippen LogP) is 4.18. The first-order chi connectivity index (χ1) is 10.0. The SMILES string of the molecule is Oc1cc2c(cc1CNc1cc(Cl)c(F)c(Cl)c1)OCO2. The monoisotopic (exact) mass is 329 g/mol. The van der Waals surface area contributed by atoms with E-state index < -0.39 is 5.82 Å². The zero-order valence-corrected chi connectivity index (χ0v) is 12.1. The van der Waals surface area contributed by atoms with Crippen LogP contribution in [0.2, 0.25) is 10.0 Å². The second kappa shape index (κ2) is 5.50. The van der Waals surface area contributed by atoms with Crippen LogP contribution < -0.4 is 14.8 Å². The Hall–Kier alpha value is -1.85. The van der Waals surface area contributed by atoms with Crippen molar-refractivity contribution in [3.05, 3.63) is 45.7 Å². The summed E-state index contributed by atoms with van der Waals surface area (Å²) in [4.78, 5) is 0. The summed E-state index contributed by atoms with van der Waals surface area (Å²) in [6, 6.07) is 6.01. The number of halogens is 3. The molecule has 1 heterocycles. The minimum absolute atomic E-state index is 0.0695. The van der Waals surface area contributed by atoms with Crippen molar-refractivity contribution >= 4 is 28.9 Å². The molecular formula is C14H10Cl2FNO3. The zero-order valence-electron chi connectivity index (χ0n) is 10.6. The number of benzene rings is 2. The summed E-state index contributed by atoms with van der Waals surface area (Å²) in [6.07, 6.45) is 0. The molecule has 0 amide bonds. The highest BCUT2D eigenvalue weighted by Gasteiger charge is 2.17. The van der Waals surface area contributed by atoms with Crippen molar-refractivity contribution in [1.29, 1.82) is 0 Å². The fourth-order valence-corrected chi connectivity index (χ4v) is 2.46. The second-order valence-electron chi connectivity index (χ2n) is 4.44. The zero-order chi connectivity index (χ0) is 15.0. The summed E-state index contributed by atoms with van der Waals surface area (Å²) in [6.45, 7) is 0.426. The molecule has 0 saturated heterocycles. The Kier molecular flexibility index (Phi) is 3.69. The first kappa shape index (κ1) is 14.1. The Morgan fingerprint density at radius 3 is 2.38 bits per heavy atom. The number of nitrogens with one attached hydrogen (secondary N) is 1. The van der Waals surface area contributed by atoms with E-state index in [1.54, 1.807) is 6.07 Å². The molecule has 1 aliphatic rings. The highest BCUT2D eigenvalue weighted by molar-refractivity contribution is 6.35. The third kappa shape index (κ3) is 2.80. The molecule has 1 aliphatic heterocycles. The average molecular weight is 330 g/mol. The molecule has 0 aromatic heterocycles. The van der Waals surface area contributed by atoms with Gasteiger partial charge in [0.25, 0.3) is 0 Å². The van der Waals surface area contributed by atoms with E-state index in [1.807, 2.05) is 0 Å². The summed E-state index contributed by atoms with van der Waals surface area (Å²) in [5, 5.41) is 12.8. The molecule has 0 saturated carbocycles. The second-order valence-corrected chi connectivity index (χ2v) is 5.26. The molecule has 110 valence electrons. The topological polar surface area (TPSA) is 50.7 Å². The van der Waals surface area contributed by atoms with E-state index in [1.165, 1.54) is 18.2 Å². The van der Waals surface area contributed by atoms with Gasteiger partial charge < -0.3 is 19.9 Å². The molecule has 4 nitrogen and oxygen atoms in total. The molecule has 0 aliphatic carbocycles. The summed E-state index contributed by atoms with van der Waals surface area (Å²) in [5.74, 6) is 0.491. The van der Waals surface area contributed by atoms with E-state index in [9.17, 15) is 9.50 Å². The van der Waals surface area contributed by atoms with Gasteiger partial charge in [-0.2, -0.15) is 0 Å². The van der Waals surface area contributed by atoms with Crippen molar-refractivity contribution in [2.75, 3.05) is 12.1 Å². The largest absolute Gasteiger partial charge is 0.507 e. The van der Waals surface area contributed by atoms with Crippen LogP contribution in [0.15, 0.2) is 24.3 Å². The van der Waals surface area contributed by atoms with Gasteiger partial charge in [0.05, 0.1) is 10.0 Å². The van der Waals surface area contributed by atoms with E-state index in [0.29, 0.717) is 29.3 Å². The van der Waals surface area contributed by atoms with Crippen molar-refractivity contribution in [2.24, 2.45) is 0 Å². The smallest absolute Gasteiger partial charge is 0.231 e. The number of aromatic hydroxyl groups is 1. The van der Waals surface area contributed by atoms with Gasteiger partial charge in [-0.25, -0.2) is 4.39 Å². The van der Waals surface area contributed by atoms with Gasteiger partial charge in [-0.15, -0.1) is 0 Å².